The molecule has 6 nitrogen and oxygen atoms in total. The molecule has 0 saturated carbocycles. The number of ether oxygens (including phenoxy) is 2. The first-order chi connectivity index (χ1) is 10.7. The number of nitrogens with two attached hydrogens (primary N) is 1. The van der Waals surface area contributed by atoms with Gasteiger partial charge in [0.05, 0.1) is 18.7 Å². The summed E-state index contributed by atoms with van der Waals surface area (Å²) < 4.78 is 24.4. The minimum Gasteiger partial charge on any atom is -0.460 e. The summed E-state index contributed by atoms with van der Waals surface area (Å²) in [5, 5.41) is 0. The predicted molar refractivity (Wildman–Crippen MR) is 82.6 cm³/mol. The van der Waals surface area contributed by atoms with Crippen LogP contribution in [-0.4, -0.2) is 36.9 Å². The molecule has 1 fully saturated rings. The second-order valence-corrected chi connectivity index (χ2v) is 6.39. The molecule has 126 valence electrons. The monoisotopic (exact) mass is 324 g/mol. The van der Waals surface area contributed by atoms with Crippen LogP contribution >= 0.6 is 0 Å². The molecule has 2 rings (SSSR count). The van der Waals surface area contributed by atoms with Gasteiger partial charge in [0.15, 0.2) is 0 Å². The van der Waals surface area contributed by atoms with Crippen molar-refractivity contribution >= 4 is 17.7 Å². The quantitative estimate of drug-likeness (QED) is 0.857. The fourth-order valence-electron chi connectivity index (χ4n) is 2.24. The number of carbonyl (C=O) groups excluding carboxylic acids is 2. The number of esters is 1. The van der Waals surface area contributed by atoms with Crippen LogP contribution in [0.5, 0.6) is 0 Å². The molecule has 0 spiro atoms. The topological polar surface area (TPSA) is 81.9 Å². The van der Waals surface area contributed by atoms with Crippen LogP contribution < -0.4 is 10.6 Å². The van der Waals surface area contributed by atoms with Crippen molar-refractivity contribution < 1.29 is 23.5 Å². The molecule has 1 atom stereocenters. The third-order valence-electron chi connectivity index (χ3n) is 3.24. The number of amides is 1. The van der Waals surface area contributed by atoms with Gasteiger partial charge in [0.1, 0.15) is 17.5 Å². The van der Waals surface area contributed by atoms with E-state index in [9.17, 15) is 14.0 Å². The maximum absolute atomic E-state index is 14.2. The van der Waals surface area contributed by atoms with Crippen molar-refractivity contribution in [3.8, 4) is 0 Å². The Hall–Kier alpha value is -2.15. The van der Waals surface area contributed by atoms with E-state index in [2.05, 4.69) is 0 Å². The lowest BCUT2D eigenvalue weighted by molar-refractivity contribution is -0.153. The van der Waals surface area contributed by atoms with Gasteiger partial charge >= 0.3 is 12.1 Å². The standard InChI is InChI=1S/C16H21FN2O4/c1-16(2,3)23-14(20)6-10-4-5-11(7-13(10)17)19-9-12(8-18)22-15(19)21/h4-5,7,12H,6,8-9,18H2,1-3H3/t12-/m0/s1. The summed E-state index contributed by atoms with van der Waals surface area (Å²) in [5.74, 6) is -1.08. The molecule has 0 bridgehead atoms. The Bertz CT molecular complexity index is 613. The van der Waals surface area contributed by atoms with Gasteiger partial charge in [-0.15, -0.1) is 0 Å². The summed E-state index contributed by atoms with van der Waals surface area (Å²) in [6.45, 7) is 5.73. The van der Waals surface area contributed by atoms with Crippen molar-refractivity contribution in [2.45, 2.75) is 38.9 Å². The van der Waals surface area contributed by atoms with Crippen molar-refractivity contribution in [2.75, 3.05) is 18.0 Å². The molecule has 2 N–H and O–H groups in total. The Morgan fingerprint density at radius 2 is 2.17 bits per heavy atom. The van der Waals surface area contributed by atoms with E-state index in [1.54, 1.807) is 26.8 Å². The highest BCUT2D eigenvalue weighted by Gasteiger charge is 2.31. The molecule has 1 aromatic carbocycles. The zero-order valence-corrected chi connectivity index (χ0v) is 13.5. The maximum atomic E-state index is 14.2. The van der Waals surface area contributed by atoms with Gasteiger partial charge in [-0.2, -0.15) is 0 Å². The Balaban J connectivity index is 2.09. The van der Waals surface area contributed by atoms with Gasteiger partial charge < -0.3 is 15.2 Å². The highest BCUT2D eigenvalue weighted by atomic mass is 19.1. The first-order valence-corrected chi connectivity index (χ1v) is 7.38. The van der Waals surface area contributed by atoms with E-state index in [0.29, 0.717) is 5.69 Å². The molecule has 1 aliphatic heterocycles. The minimum absolute atomic E-state index is 0.167. The van der Waals surface area contributed by atoms with E-state index in [1.807, 2.05) is 0 Å². The first kappa shape index (κ1) is 17.2. The summed E-state index contributed by atoms with van der Waals surface area (Å²) in [5.41, 5.74) is 5.43. The van der Waals surface area contributed by atoms with Gasteiger partial charge in [-0.05, 0) is 38.5 Å². The summed E-state index contributed by atoms with van der Waals surface area (Å²) >= 11 is 0. The molecular formula is C16H21FN2O4. The van der Waals surface area contributed by atoms with Gasteiger partial charge in [-0.25, -0.2) is 9.18 Å². The molecule has 1 saturated heterocycles. The molecule has 23 heavy (non-hydrogen) atoms. The Kier molecular flexibility index (Phi) is 4.89. The lowest BCUT2D eigenvalue weighted by atomic mass is 10.1. The second kappa shape index (κ2) is 6.54. The largest absolute Gasteiger partial charge is 0.460 e. The van der Waals surface area contributed by atoms with Gasteiger partial charge in [0.25, 0.3) is 0 Å². The first-order valence-electron chi connectivity index (χ1n) is 7.38. The van der Waals surface area contributed by atoms with Crippen LogP contribution in [0.1, 0.15) is 26.3 Å². The van der Waals surface area contributed by atoms with E-state index in [0.717, 1.165) is 0 Å². The molecule has 1 heterocycles. The number of hydrogen-bond acceptors (Lipinski definition) is 5. The molecule has 0 unspecified atom stereocenters. The van der Waals surface area contributed by atoms with E-state index in [-0.39, 0.29) is 25.1 Å². The summed E-state index contributed by atoms with van der Waals surface area (Å²) in [7, 11) is 0. The van der Waals surface area contributed by atoms with E-state index >= 15 is 0 Å². The van der Waals surface area contributed by atoms with E-state index in [4.69, 9.17) is 15.2 Å². The molecule has 1 aliphatic rings. The number of halogens is 1. The lowest BCUT2D eigenvalue weighted by Crippen LogP contribution is -2.27. The van der Waals surface area contributed by atoms with Gasteiger partial charge in [0.2, 0.25) is 0 Å². The van der Waals surface area contributed by atoms with Gasteiger partial charge in [0, 0.05) is 6.54 Å². The Labute approximate surface area is 134 Å². The van der Waals surface area contributed by atoms with Crippen molar-refractivity contribution in [1.82, 2.24) is 0 Å². The van der Waals surface area contributed by atoms with Crippen LogP contribution in [-0.2, 0) is 20.7 Å². The molecule has 1 aromatic rings. The maximum Gasteiger partial charge on any atom is 0.414 e. The predicted octanol–water partition coefficient (Wildman–Crippen LogP) is 1.99. The highest BCUT2D eigenvalue weighted by Crippen LogP contribution is 2.24. The Morgan fingerprint density at radius 1 is 1.48 bits per heavy atom. The van der Waals surface area contributed by atoms with E-state index in [1.165, 1.54) is 17.0 Å². The summed E-state index contributed by atoms with van der Waals surface area (Å²) in [6.07, 6.45) is -1.12. The summed E-state index contributed by atoms with van der Waals surface area (Å²) in [4.78, 5) is 24.8. The number of rotatable bonds is 4. The van der Waals surface area contributed by atoms with Gasteiger partial charge in [-0.3, -0.25) is 9.69 Å². The van der Waals surface area contributed by atoms with Crippen molar-refractivity contribution in [2.24, 2.45) is 5.73 Å². The third-order valence-corrected chi connectivity index (χ3v) is 3.24. The molecule has 7 heteroatoms. The van der Waals surface area contributed by atoms with Crippen molar-refractivity contribution in [3.63, 3.8) is 0 Å². The van der Waals surface area contributed by atoms with Crippen LogP contribution in [0.2, 0.25) is 0 Å². The molecule has 0 aliphatic carbocycles. The van der Waals surface area contributed by atoms with Crippen LogP contribution in [0.4, 0.5) is 14.9 Å². The number of nitrogens with zero attached hydrogens (tertiary/aromatic N) is 1. The number of carbonyl (C=O) groups is 2. The number of cyclic esters (lactones) is 1. The normalized spacial score (nSPS) is 18.0. The van der Waals surface area contributed by atoms with Crippen LogP contribution in [0.25, 0.3) is 0 Å². The fraction of sp³-hybridized carbons (Fsp3) is 0.500. The number of anilines is 1. The SMILES string of the molecule is CC(C)(C)OC(=O)Cc1ccc(N2C[C@H](CN)OC2=O)cc1F. The number of hydrogen-bond donors (Lipinski definition) is 1. The van der Waals surface area contributed by atoms with Crippen LogP contribution in [0, 0.1) is 5.82 Å². The lowest BCUT2D eigenvalue weighted by Gasteiger charge is -2.20. The third kappa shape index (κ3) is 4.41. The average Bonchev–Trinajstić information content (AvgIpc) is 2.80. The van der Waals surface area contributed by atoms with E-state index < -0.39 is 29.6 Å². The van der Waals surface area contributed by atoms with Crippen LogP contribution in [0.15, 0.2) is 18.2 Å². The average molecular weight is 324 g/mol. The molecule has 1 amide bonds. The van der Waals surface area contributed by atoms with Crippen molar-refractivity contribution in [3.05, 3.63) is 29.6 Å². The molecular weight excluding hydrogens is 303 g/mol. The fourth-order valence-corrected chi connectivity index (χ4v) is 2.24. The minimum atomic E-state index is -0.621. The number of benzene rings is 1. The molecule has 0 aromatic heterocycles. The Morgan fingerprint density at radius 3 is 2.70 bits per heavy atom. The highest BCUT2D eigenvalue weighted by molar-refractivity contribution is 5.89. The van der Waals surface area contributed by atoms with Crippen LogP contribution in [0.3, 0.4) is 0 Å². The smallest absolute Gasteiger partial charge is 0.414 e. The van der Waals surface area contributed by atoms with Gasteiger partial charge in [-0.1, -0.05) is 6.07 Å². The molecule has 0 radical (unpaired) electrons. The summed E-state index contributed by atoms with van der Waals surface area (Å²) in [6, 6.07) is 4.25. The zero-order chi connectivity index (χ0) is 17.2. The van der Waals surface area contributed by atoms with Crippen molar-refractivity contribution in [1.29, 1.82) is 0 Å². The second-order valence-electron chi connectivity index (χ2n) is 6.39. The zero-order valence-electron chi connectivity index (χ0n) is 13.5.